The standard InChI is InChI=1S/C15H30N4O3.HI/c1-3-7-17-14(20)11-19-15(16-2)18-8-5-9-21-12-13-6-4-10-22-13;/h13H,3-12H2,1-2H3,(H,17,20)(H2,16,18,19);1H. The number of ether oxygens (including phenoxy) is 2. The topological polar surface area (TPSA) is 84.0 Å². The van der Waals surface area contributed by atoms with Gasteiger partial charge >= 0.3 is 0 Å². The molecular formula is C15H31IN4O3. The lowest BCUT2D eigenvalue weighted by molar-refractivity contribution is -0.120. The van der Waals surface area contributed by atoms with Crippen LogP contribution in [0.15, 0.2) is 4.99 Å². The summed E-state index contributed by atoms with van der Waals surface area (Å²) in [6.07, 6.45) is 4.35. The number of hydrogen-bond donors (Lipinski definition) is 3. The van der Waals surface area contributed by atoms with Gasteiger partial charge in [0.2, 0.25) is 5.91 Å². The summed E-state index contributed by atoms with van der Waals surface area (Å²) >= 11 is 0. The van der Waals surface area contributed by atoms with Crippen molar-refractivity contribution < 1.29 is 14.3 Å². The molecule has 0 aromatic heterocycles. The zero-order valence-electron chi connectivity index (χ0n) is 14.2. The first kappa shape index (κ1) is 22.4. The lowest BCUT2D eigenvalue weighted by Gasteiger charge is -2.13. The first-order valence-corrected chi connectivity index (χ1v) is 8.16. The Balaban J connectivity index is 0.00000484. The molecule has 0 aromatic carbocycles. The smallest absolute Gasteiger partial charge is 0.239 e. The summed E-state index contributed by atoms with van der Waals surface area (Å²) in [5, 5.41) is 8.94. The highest BCUT2D eigenvalue weighted by Crippen LogP contribution is 2.11. The van der Waals surface area contributed by atoms with Crippen LogP contribution in [0.1, 0.15) is 32.6 Å². The van der Waals surface area contributed by atoms with Crippen LogP contribution in [0, 0.1) is 0 Å². The summed E-state index contributed by atoms with van der Waals surface area (Å²) in [5.74, 6) is 0.607. The number of hydrogen-bond acceptors (Lipinski definition) is 4. The number of nitrogens with zero attached hydrogens (tertiary/aromatic N) is 1. The van der Waals surface area contributed by atoms with Crippen molar-refractivity contribution in [2.24, 2.45) is 4.99 Å². The van der Waals surface area contributed by atoms with Gasteiger partial charge in [0, 0.05) is 33.4 Å². The monoisotopic (exact) mass is 442 g/mol. The van der Waals surface area contributed by atoms with E-state index in [0.717, 1.165) is 38.8 Å². The van der Waals surface area contributed by atoms with Crippen molar-refractivity contribution in [1.82, 2.24) is 16.0 Å². The first-order chi connectivity index (χ1) is 10.8. The Morgan fingerprint density at radius 1 is 1.30 bits per heavy atom. The third-order valence-corrected chi connectivity index (χ3v) is 3.30. The van der Waals surface area contributed by atoms with Crippen molar-refractivity contribution >= 4 is 35.8 Å². The molecule has 1 fully saturated rings. The molecule has 136 valence electrons. The van der Waals surface area contributed by atoms with E-state index in [-0.39, 0.29) is 42.5 Å². The number of amides is 1. The van der Waals surface area contributed by atoms with Crippen molar-refractivity contribution in [3.8, 4) is 0 Å². The Labute approximate surface area is 156 Å². The molecule has 0 aromatic rings. The molecule has 0 saturated carbocycles. The molecule has 0 radical (unpaired) electrons. The average molecular weight is 442 g/mol. The Morgan fingerprint density at radius 2 is 2.13 bits per heavy atom. The Kier molecular flexibility index (Phi) is 14.6. The fourth-order valence-corrected chi connectivity index (χ4v) is 2.08. The van der Waals surface area contributed by atoms with E-state index in [4.69, 9.17) is 9.47 Å². The van der Waals surface area contributed by atoms with Gasteiger partial charge in [-0.3, -0.25) is 9.79 Å². The van der Waals surface area contributed by atoms with Crippen molar-refractivity contribution in [2.75, 3.05) is 46.5 Å². The Morgan fingerprint density at radius 3 is 2.78 bits per heavy atom. The largest absolute Gasteiger partial charge is 0.379 e. The minimum absolute atomic E-state index is 0. The SMILES string of the molecule is CCCNC(=O)CNC(=NC)NCCCOCC1CCCO1.I. The fraction of sp³-hybridized carbons (Fsp3) is 0.867. The normalized spacial score (nSPS) is 17.5. The molecule has 3 N–H and O–H groups in total. The van der Waals surface area contributed by atoms with Gasteiger partial charge < -0.3 is 25.4 Å². The van der Waals surface area contributed by atoms with E-state index in [0.29, 0.717) is 25.7 Å². The number of halogens is 1. The molecule has 1 aliphatic rings. The molecule has 7 nitrogen and oxygen atoms in total. The summed E-state index contributed by atoms with van der Waals surface area (Å²) in [6, 6.07) is 0. The van der Waals surface area contributed by atoms with Crippen LogP contribution in [0.25, 0.3) is 0 Å². The Hall–Kier alpha value is -0.610. The van der Waals surface area contributed by atoms with Gasteiger partial charge in [-0.15, -0.1) is 24.0 Å². The Bertz CT molecular complexity index is 337. The van der Waals surface area contributed by atoms with Crippen LogP contribution in [0.3, 0.4) is 0 Å². The second-order valence-electron chi connectivity index (χ2n) is 5.27. The fourth-order valence-electron chi connectivity index (χ4n) is 2.08. The summed E-state index contributed by atoms with van der Waals surface area (Å²) in [7, 11) is 1.69. The lowest BCUT2D eigenvalue weighted by Crippen LogP contribution is -2.43. The molecular weight excluding hydrogens is 411 g/mol. The maximum absolute atomic E-state index is 11.5. The zero-order chi connectivity index (χ0) is 16.0. The maximum atomic E-state index is 11.5. The molecule has 0 bridgehead atoms. The van der Waals surface area contributed by atoms with Crippen molar-refractivity contribution in [3.63, 3.8) is 0 Å². The van der Waals surface area contributed by atoms with E-state index in [1.165, 1.54) is 0 Å². The summed E-state index contributed by atoms with van der Waals surface area (Å²) in [5.41, 5.74) is 0. The third kappa shape index (κ3) is 11.5. The van der Waals surface area contributed by atoms with Gasteiger partial charge in [-0.1, -0.05) is 6.92 Å². The number of carbonyl (C=O) groups excluding carboxylic acids is 1. The predicted molar refractivity (Wildman–Crippen MR) is 102 cm³/mol. The highest BCUT2D eigenvalue weighted by atomic mass is 127. The summed E-state index contributed by atoms with van der Waals surface area (Å²) < 4.78 is 11.1. The highest BCUT2D eigenvalue weighted by Gasteiger charge is 2.14. The van der Waals surface area contributed by atoms with E-state index in [9.17, 15) is 4.79 Å². The molecule has 23 heavy (non-hydrogen) atoms. The molecule has 1 rings (SSSR count). The minimum Gasteiger partial charge on any atom is -0.379 e. The van der Waals surface area contributed by atoms with Crippen molar-refractivity contribution in [2.45, 2.75) is 38.7 Å². The minimum atomic E-state index is -0.0234. The van der Waals surface area contributed by atoms with Crippen LogP contribution in [0.2, 0.25) is 0 Å². The van der Waals surface area contributed by atoms with Crippen LogP contribution in [0.4, 0.5) is 0 Å². The quantitative estimate of drug-likeness (QED) is 0.203. The van der Waals surface area contributed by atoms with Crippen molar-refractivity contribution in [1.29, 1.82) is 0 Å². The lowest BCUT2D eigenvalue weighted by atomic mass is 10.2. The van der Waals surface area contributed by atoms with E-state index in [2.05, 4.69) is 20.9 Å². The number of carbonyl (C=O) groups is 1. The zero-order valence-corrected chi connectivity index (χ0v) is 16.6. The molecule has 0 aliphatic carbocycles. The molecule has 1 heterocycles. The van der Waals surface area contributed by atoms with E-state index in [1.807, 2.05) is 6.92 Å². The van der Waals surface area contributed by atoms with E-state index in [1.54, 1.807) is 7.05 Å². The molecule has 1 atom stereocenters. The van der Waals surface area contributed by atoms with Gasteiger partial charge in [-0.25, -0.2) is 0 Å². The van der Waals surface area contributed by atoms with Gasteiger partial charge in [0.25, 0.3) is 0 Å². The van der Waals surface area contributed by atoms with Gasteiger partial charge in [0.1, 0.15) is 0 Å². The number of guanidine groups is 1. The number of aliphatic imine (C=N–C) groups is 1. The van der Waals surface area contributed by atoms with Crippen LogP contribution in [0.5, 0.6) is 0 Å². The van der Waals surface area contributed by atoms with Crippen LogP contribution >= 0.6 is 24.0 Å². The number of rotatable bonds is 10. The second kappa shape index (κ2) is 14.9. The third-order valence-electron chi connectivity index (χ3n) is 3.30. The van der Waals surface area contributed by atoms with Gasteiger partial charge in [-0.05, 0) is 25.7 Å². The average Bonchev–Trinajstić information content (AvgIpc) is 3.04. The van der Waals surface area contributed by atoms with Crippen LogP contribution in [-0.4, -0.2) is 64.5 Å². The predicted octanol–water partition coefficient (Wildman–Crippen LogP) is 0.881. The highest BCUT2D eigenvalue weighted by molar-refractivity contribution is 14.0. The molecule has 1 saturated heterocycles. The maximum Gasteiger partial charge on any atom is 0.239 e. The van der Waals surface area contributed by atoms with Gasteiger partial charge in [-0.2, -0.15) is 0 Å². The summed E-state index contributed by atoms with van der Waals surface area (Å²) in [6.45, 7) is 5.95. The van der Waals surface area contributed by atoms with Crippen molar-refractivity contribution in [3.05, 3.63) is 0 Å². The van der Waals surface area contributed by atoms with Crippen LogP contribution < -0.4 is 16.0 Å². The van der Waals surface area contributed by atoms with Crippen LogP contribution in [-0.2, 0) is 14.3 Å². The number of nitrogens with one attached hydrogen (secondary N) is 3. The second-order valence-corrected chi connectivity index (χ2v) is 5.27. The molecule has 1 aliphatic heterocycles. The van der Waals surface area contributed by atoms with Gasteiger partial charge in [0.05, 0.1) is 19.3 Å². The molecule has 8 heteroatoms. The molecule has 1 unspecified atom stereocenters. The van der Waals surface area contributed by atoms with Gasteiger partial charge in [0.15, 0.2) is 5.96 Å². The van der Waals surface area contributed by atoms with E-state index < -0.39 is 0 Å². The molecule has 0 spiro atoms. The molecule has 1 amide bonds. The summed E-state index contributed by atoms with van der Waals surface area (Å²) in [4.78, 5) is 15.5. The van der Waals surface area contributed by atoms with E-state index >= 15 is 0 Å². The first-order valence-electron chi connectivity index (χ1n) is 8.16.